The molecule has 0 atom stereocenters. The van der Waals surface area contributed by atoms with E-state index in [1.54, 1.807) is 12.1 Å². The van der Waals surface area contributed by atoms with Gasteiger partial charge in [-0.25, -0.2) is 0 Å². The van der Waals surface area contributed by atoms with Crippen molar-refractivity contribution < 1.29 is 9.53 Å². The number of benzene rings is 2. The van der Waals surface area contributed by atoms with Gasteiger partial charge < -0.3 is 10.5 Å². The smallest absolute Gasteiger partial charge is 0.248 e. The third-order valence-corrected chi connectivity index (χ3v) is 3.36. The summed E-state index contributed by atoms with van der Waals surface area (Å²) < 4.78 is 6.71. The number of primary amides is 1. The van der Waals surface area contributed by atoms with Gasteiger partial charge in [-0.3, -0.25) is 4.79 Å². The predicted molar refractivity (Wildman–Crippen MR) is 78.2 cm³/mol. The van der Waals surface area contributed by atoms with E-state index in [-0.39, 0.29) is 0 Å². The fraction of sp³-hybridized carbons (Fsp3) is 0.133. The first kappa shape index (κ1) is 13.6. The van der Waals surface area contributed by atoms with Crippen molar-refractivity contribution in [2.45, 2.75) is 13.5 Å². The molecule has 0 aromatic heterocycles. The number of ether oxygens (including phenoxy) is 1. The van der Waals surface area contributed by atoms with Crippen LogP contribution in [-0.4, -0.2) is 5.91 Å². The molecule has 2 rings (SSSR count). The zero-order valence-corrected chi connectivity index (χ0v) is 12.1. The Morgan fingerprint density at radius 3 is 2.47 bits per heavy atom. The first-order chi connectivity index (χ1) is 9.06. The molecule has 0 unspecified atom stereocenters. The third-order valence-electron chi connectivity index (χ3n) is 2.84. The monoisotopic (exact) mass is 319 g/mol. The lowest BCUT2D eigenvalue weighted by atomic mass is 10.1. The van der Waals surface area contributed by atoms with E-state index in [0.29, 0.717) is 12.2 Å². The molecular formula is C15H14BrNO2. The molecule has 2 aromatic rings. The van der Waals surface area contributed by atoms with Crippen LogP contribution in [0, 0.1) is 6.92 Å². The summed E-state index contributed by atoms with van der Waals surface area (Å²) in [6.07, 6.45) is 0. The normalized spacial score (nSPS) is 10.2. The van der Waals surface area contributed by atoms with Crippen LogP contribution in [0.5, 0.6) is 5.75 Å². The van der Waals surface area contributed by atoms with Gasteiger partial charge in [0.1, 0.15) is 12.4 Å². The Labute approximate surface area is 120 Å². The third kappa shape index (κ3) is 3.58. The molecule has 2 aromatic carbocycles. The van der Waals surface area contributed by atoms with Gasteiger partial charge in [0, 0.05) is 10.0 Å². The molecule has 0 saturated heterocycles. The maximum absolute atomic E-state index is 11.1. The van der Waals surface area contributed by atoms with Crippen LogP contribution in [0.25, 0.3) is 0 Å². The quantitative estimate of drug-likeness (QED) is 0.938. The minimum atomic E-state index is -0.413. The van der Waals surface area contributed by atoms with E-state index in [4.69, 9.17) is 10.5 Å². The molecule has 2 N–H and O–H groups in total. The number of carbonyl (C=O) groups is 1. The summed E-state index contributed by atoms with van der Waals surface area (Å²) in [6, 6.07) is 13.0. The van der Waals surface area contributed by atoms with E-state index >= 15 is 0 Å². The van der Waals surface area contributed by atoms with Crippen molar-refractivity contribution in [1.29, 1.82) is 0 Å². The standard InChI is InChI=1S/C15H14BrNO2/c1-10-8-11(15(17)18)2-3-12(10)9-19-14-6-4-13(16)5-7-14/h2-8H,9H2,1H3,(H2,17,18). The SMILES string of the molecule is Cc1cc(C(N)=O)ccc1COc1ccc(Br)cc1. The molecule has 4 heteroatoms. The Morgan fingerprint density at radius 2 is 1.89 bits per heavy atom. The first-order valence-corrected chi connectivity index (χ1v) is 6.63. The predicted octanol–water partition coefficient (Wildman–Crippen LogP) is 3.44. The first-order valence-electron chi connectivity index (χ1n) is 5.84. The van der Waals surface area contributed by atoms with Gasteiger partial charge in [-0.15, -0.1) is 0 Å². The molecular weight excluding hydrogens is 306 g/mol. The highest BCUT2D eigenvalue weighted by molar-refractivity contribution is 9.10. The van der Waals surface area contributed by atoms with Crippen LogP contribution in [0.15, 0.2) is 46.9 Å². The average molecular weight is 320 g/mol. The van der Waals surface area contributed by atoms with Crippen molar-refractivity contribution in [1.82, 2.24) is 0 Å². The Balaban J connectivity index is 2.07. The van der Waals surface area contributed by atoms with E-state index in [1.165, 1.54) is 0 Å². The van der Waals surface area contributed by atoms with Gasteiger partial charge in [0.05, 0.1) is 0 Å². The molecule has 0 aliphatic carbocycles. The Morgan fingerprint density at radius 1 is 1.21 bits per heavy atom. The Kier molecular flexibility index (Phi) is 4.22. The fourth-order valence-electron chi connectivity index (χ4n) is 1.70. The van der Waals surface area contributed by atoms with Crippen molar-refractivity contribution >= 4 is 21.8 Å². The van der Waals surface area contributed by atoms with E-state index in [2.05, 4.69) is 15.9 Å². The van der Waals surface area contributed by atoms with E-state index in [1.807, 2.05) is 37.3 Å². The second-order valence-corrected chi connectivity index (χ2v) is 5.16. The molecule has 0 heterocycles. The molecule has 0 bridgehead atoms. The number of halogens is 1. The second-order valence-electron chi connectivity index (χ2n) is 4.25. The highest BCUT2D eigenvalue weighted by Gasteiger charge is 2.05. The van der Waals surface area contributed by atoms with Gasteiger partial charge in [0.25, 0.3) is 0 Å². The number of carbonyl (C=O) groups excluding carboxylic acids is 1. The van der Waals surface area contributed by atoms with Crippen LogP contribution in [0.1, 0.15) is 21.5 Å². The molecule has 0 aliphatic rings. The second kappa shape index (κ2) is 5.89. The lowest BCUT2D eigenvalue weighted by Crippen LogP contribution is -2.11. The topological polar surface area (TPSA) is 52.3 Å². The van der Waals surface area contributed by atoms with Crippen LogP contribution in [0.4, 0.5) is 0 Å². The Bertz CT molecular complexity index is 594. The van der Waals surface area contributed by atoms with Crippen LogP contribution in [0.2, 0.25) is 0 Å². The summed E-state index contributed by atoms with van der Waals surface area (Å²) in [7, 11) is 0. The summed E-state index contributed by atoms with van der Waals surface area (Å²) in [5.41, 5.74) is 7.78. The molecule has 0 aliphatic heterocycles. The maximum Gasteiger partial charge on any atom is 0.248 e. The highest BCUT2D eigenvalue weighted by Crippen LogP contribution is 2.18. The number of nitrogens with two attached hydrogens (primary N) is 1. The molecule has 19 heavy (non-hydrogen) atoms. The maximum atomic E-state index is 11.1. The molecule has 0 spiro atoms. The molecule has 1 amide bonds. The van der Waals surface area contributed by atoms with E-state index in [0.717, 1.165) is 21.3 Å². The minimum Gasteiger partial charge on any atom is -0.489 e. The number of amides is 1. The van der Waals surface area contributed by atoms with Crippen LogP contribution < -0.4 is 10.5 Å². The van der Waals surface area contributed by atoms with Gasteiger partial charge >= 0.3 is 0 Å². The van der Waals surface area contributed by atoms with Gasteiger partial charge in [0.15, 0.2) is 0 Å². The average Bonchev–Trinajstić information content (AvgIpc) is 2.39. The van der Waals surface area contributed by atoms with Crippen LogP contribution in [-0.2, 0) is 6.61 Å². The summed E-state index contributed by atoms with van der Waals surface area (Å²) in [4.78, 5) is 11.1. The lowest BCUT2D eigenvalue weighted by molar-refractivity contribution is 0.1000. The zero-order chi connectivity index (χ0) is 13.8. The molecule has 0 radical (unpaired) electrons. The summed E-state index contributed by atoms with van der Waals surface area (Å²) >= 11 is 3.38. The lowest BCUT2D eigenvalue weighted by Gasteiger charge is -2.09. The van der Waals surface area contributed by atoms with Crippen molar-refractivity contribution in [2.75, 3.05) is 0 Å². The molecule has 3 nitrogen and oxygen atoms in total. The highest BCUT2D eigenvalue weighted by atomic mass is 79.9. The van der Waals surface area contributed by atoms with Crippen molar-refractivity contribution in [3.8, 4) is 5.75 Å². The number of rotatable bonds is 4. The zero-order valence-electron chi connectivity index (χ0n) is 10.5. The molecule has 0 saturated carbocycles. The largest absolute Gasteiger partial charge is 0.489 e. The number of hydrogen-bond acceptors (Lipinski definition) is 2. The van der Waals surface area contributed by atoms with Crippen molar-refractivity contribution in [2.24, 2.45) is 5.73 Å². The number of aryl methyl sites for hydroxylation is 1. The van der Waals surface area contributed by atoms with Gasteiger partial charge in [0.2, 0.25) is 5.91 Å². The molecule has 98 valence electrons. The van der Waals surface area contributed by atoms with Crippen molar-refractivity contribution in [3.05, 3.63) is 63.6 Å². The minimum absolute atomic E-state index is 0.413. The Hall–Kier alpha value is -1.81. The number of hydrogen-bond donors (Lipinski definition) is 1. The summed E-state index contributed by atoms with van der Waals surface area (Å²) in [5, 5.41) is 0. The van der Waals surface area contributed by atoms with Gasteiger partial charge in [-0.2, -0.15) is 0 Å². The molecule has 0 fully saturated rings. The van der Waals surface area contributed by atoms with E-state index < -0.39 is 5.91 Å². The van der Waals surface area contributed by atoms with E-state index in [9.17, 15) is 4.79 Å². The van der Waals surface area contributed by atoms with Crippen molar-refractivity contribution in [3.63, 3.8) is 0 Å². The van der Waals surface area contributed by atoms with Gasteiger partial charge in [-0.1, -0.05) is 22.0 Å². The van der Waals surface area contributed by atoms with Crippen LogP contribution >= 0.6 is 15.9 Å². The van der Waals surface area contributed by atoms with Crippen LogP contribution in [0.3, 0.4) is 0 Å². The summed E-state index contributed by atoms with van der Waals surface area (Å²) in [5.74, 6) is 0.394. The summed E-state index contributed by atoms with van der Waals surface area (Å²) in [6.45, 7) is 2.40. The fourth-order valence-corrected chi connectivity index (χ4v) is 1.97. The van der Waals surface area contributed by atoms with Gasteiger partial charge in [-0.05, 0) is 54.4 Å².